The second-order valence-corrected chi connectivity index (χ2v) is 5.57. The number of hydrogen-bond donors (Lipinski definition) is 2. The first-order valence-corrected chi connectivity index (χ1v) is 7.62. The Hall–Kier alpha value is -2.90. The second kappa shape index (κ2) is 7.58. The topological polar surface area (TPSA) is 94.1 Å². The van der Waals surface area contributed by atoms with Gasteiger partial charge in [-0.1, -0.05) is 18.2 Å². The summed E-state index contributed by atoms with van der Waals surface area (Å²) in [6.07, 6.45) is 0.197. The maximum atomic E-state index is 12.2. The van der Waals surface area contributed by atoms with Gasteiger partial charge in [-0.3, -0.25) is 19.8 Å². The molecule has 0 fully saturated rings. The Bertz CT molecular complexity index is 657. The van der Waals surface area contributed by atoms with Gasteiger partial charge in [0.05, 0.1) is 5.69 Å². The molecule has 0 saturated carbocycles. The van der Waals surface area contributed by atoms with Gasteiger partial charge in [-0.05, 0) is 19.1 Å². The molecule has 2 N–H and O–H groups in total. The van der Waals surface area contributed by atoms with E-state index in [1.807, 2.05) is 6.07 Å². The van der Waals surface area contributed by atoms with E-state index in [-0.39, 0.29) is 30.6 Å². The Morgan fingerprint density at radius 1 is 1.29 bits per heavy atom. The number of amidine groups is 1. The maximum Gasteiger partial charge on any atom is 0.288 e. The van der Waals surface area contributed by atoms with E-state index in [9.17, 15) is 14.4 Å². The highest BCUT2D eigenvalue weighted by Gasteiger charge is 2.30. The van der Waals surface area contributed by atoms with Gasteiger partial charge in [0.2, 0.25) is 11.7 Å². The van der Waals surface area contributed by atoms with Crippen molar-refractivity contribution in [2.75, 3.05) is 25.6 Å². The summed E-state index contributed by atoms with van der Waals surface area (Å²) in [6.45, 7) is 1.83. The van der Waals surface area contributed by atoms with Crippen LogP contribution in [-0.4, -0.2) is 55.1 Å². The zero-order chi connectivity index (χ0) is 17.7. The fourth-order valence-corrected chi connectivity index (χ4v) is 2.09. The average Bonchev–Trinajstić information content (AvgIpc) is 2.57. The molecule has 3 amide bonds. The number of nitrogens with one attached hydrogen (secondary N) is 2. The Balaban J connectivity index is 2.02. The number of para-hydroxylation sites is 1. The van der Waals surface area contributed by atoms with Crippen LogP contribution in [0.1, 0.15) is 13.3 Å². The number of benzene rings is 1. The van der Waals surface area contributed by atoms with E-state index in [1.54, 1.807) is 45.3 Å². The van der Waals surface area contributed by atoms with E-state index >= 15 is 0 Å². The Morgan fingerprint density at radius 2 is 1.96 bits per heavy atom. The van der Waals surface area contributed by atoms with Crippen molar-refractivity contribution < 1.29 is 14.4 Å². The maximum absolute atomic E-state index is 12.2. The van der Waals surface area contributed by atoms with Gasteiger partial charge in [0.25, 0.3) is 11.8 Å². The van der Waals surface area contributed by atoms with Crippen molar-refractivity contribution in [1.29, 1.82) is 0 Å². The van der Waals surface area contributed by atoms with Gasteiger partial charge in [0.15, 0.2) is 0 Å². The van der Waals surface area contributed by atoms with Crippen molar-refractivity contribution in [2.45, 2.75) is 19.4 Å². The standard InChI is InChI=1S/C16H21N5O3/c1-11-16(24)21(12-7-5-4-6-8-12)19-14(18-11)15(23)17-10-9-13(22)20(2)3/h4-8,11H,9-10H2,1-3H3,(H,17,23)(H,18,19)/t11-/m1/s1. The highest BCUT2D eigenvalue weighted by atomic mass is 16.2. The smallest absolute Gasteiger partial charge is 0.288 e. The zero-order valence-electron chi connectivity index (χ0n) is 13.9. The van der Waals surface area contributed by atoms with E-state index in [4.69, 9.17) is 0 Å². The molecule has 1 atom stereocenters. The Labute approximate surface area is 140 Å². The lowest BCUT2D eigenvalue weighted by atomic mass is 10.2. The molecule has 0 spiro atoms. The number of aliphatic imine (C=N–C) groups is 1. The number of carbonyl (C=O) groups excluding carboxylic acids is 3. The van der Waals surface area contributed by atoms with Crippen molar-refractivity contribution >= 4 is 29.2 Å². The monoisotopic (exact) mass is 331 g/mol. The molecule has 0 bridgehead atoms. The van der Waals surface area contributed by atoms with Gasteiger partial charge in [-0.2, -0.15) is 0 Å². The summed E-state index contributed by atoms with van der Waals surface area (Å²) in [6, 6.07) is 8.28. The van der Waals surface area contributed by atoms with Crippen LogP contribution in [0.5, 0.6) is 0 Å². The predicted molar refractivity (Wildman–Crippen MR) is 90.3 cm³/mol. The van der Waals surface area contributed by atoms with Crippen molar-refractivity contribution in [3.05, 3.63) is 30.3 Å². The van der Waals surface area contributed by atoms with Gasteiger partial charge < -0.3 is 10.2 Å². The number of rotatable bonds is 5. The zero-order valence-corrected chi connectivity index (χ0v) is 13.9. The van der Waals surface area contributed by atoms with Crippen molar-refractivity contribution in [1.82, 2.24) is 15.6 Å². The molecule has 0 saturated heterocycles. The first kappa shape index (κ1) is 17.5. The van der Waals surface area contributed by atoms with E-state index in [1.165, 1.54) is 9.91 Å². The normalized spacial score (nSPS) is 17.0. The molecule has 0 aromatic heterocycles. The molecular formula is C16H21N5O3. The van der Waals surface area contributed by atoms with E-state index < -0.39 is 11.9 Å². The molecule has 0 unspecified atom stereocenters. The van der Waals surface area contributed by atoms with Crippen LogP contribution < -0.4 is 15.8 Å². The molecule has 0 radical (unpaired) electrons. The highest BCUT2D eigenvalue weighted by Crippen LogP contribution is 2.15. The quantitative estimate of drug-likeness (QED) is 0.789. The molecule has 1 aliphatic heterocycles. The Morgan fingerprint density at radius 3 is 2.58 bits per heavy atom. The van der Waals surface area contributed by atoms with Crippen LogP contribution in [0.3, 0.4) is 0 Å². The number of hydrogen-bond acceptors (Lipinski definition) is 5. The number of anilines is 1. The van der Waals surface area contributed by atoms with Gasteiger partial charge in [0, 0.05) is 27.1 Å². The third-order valence-corrected chi connectivity index (χ3v) is 3.47. The first-order chi connectivity index (χ1) is 11.4. The van der Waals surface area contributed by atoms with Crippen LogP contribution in [-0.2, 0) is 14.4 Å². The van der Waals surface area contributed by atoms with Crippen LogP contribution in [0, 0.1) is 0 Å². The van der Waals surface area contributed by atoms with Crippen molar-refractivity contribution in [2.24, 2.45) is 4.99 Å². The molecular weight excluding hydrogens is 310 g/mol. The summed E-state index contributed by atoms with van der Waals surface area (Å²) in [5, 5.41) is 3.93. The van der Waals surface area contributed by atoms with Crippen LogP contribution in [0.25, 0.3) is 0 Å². The van der Waals surface area contributed by atoms with Crippen LogP contribution >= 0.6 is 0 Å². The molecule has 0 aliphatic carbocycles. The lowest BCUT2D eigenvalue weighted by molar-refractivity contribution is -0.128. The SMILES string of the molecule is C[C@H]1N=C(C(=O)NCCC(=O)N(C)C)NN(c2ccccc2)C1=O. The molecule has 8 nitrogen and oxygen atoms in total. The first-order valence-electron chi connectivity index (χ1n) is 7.62. The number of nitrogens with zero attached hydrogens (tertiary/aromatic N) is 3. The van der Waals surface area contributed by atoms with Crippen molar-refractivity contribution in [3.8, 4) is 0 Å². The summed E-state index contributed by atoms with van der Waals surface area (Å²) in [5.41, 5.74) is 3.36. The predicted octanol–water partition coefficient (Wildman–Crippen LogP) is -0.0807. The summed E-state index contributed by atoms with van der Waals surface area (Å²) in [4.78, 5) is 41.5. The van der Waals surface area contributed by atoms with E-state index in [0.717, 1.165) is 0 Å². The molecule has 1 aliphatic rings. The van der Waals surface area contributed by atoms with Gasteiger partial charge in [0.1, 0.15) is 6.04 Å². The molecule has 2 rings (SSSR count). The van der Waals surface area contributed by atoms with Gasteiger partial charge in [-0.25, -0.2) is 10.0 Å². The number of hydrazine groups is 1. The number of amides is 3. The lowest BCUT2D eigenvalue weighted by Gasteiger charge is -2.30. The van der Waals surface area contributed by atoms with Crippen LogP contribution in [0.15, 0.2) is 35.3 Å². The molecule has 24 heavy (non-hydrogen) atoms. The molecule has 128 valence electrons. The third kappa shape index (κ3) is 4.09. The minimum Gasteiger partial charge on any atom is -0.349 e. The van der Waals surface area contributed by atoms with Crippen LogP contribution in [0.2, 0.25) is 0 Å². The fourth-order valence-electron chi connectivity index (χ4n) is 2.09. The average molecular weight is 331 g/mol. The van der Waals surface area contributed by atoms with Crippen LogP contribution in [0.4, 0.5) is 5.69 Å². The molecule has 8 heteroatoms. The third-order valence-electron chi connectivity index (χ3n) is 3.47. The summed E-state index contributed by atoms with van der Waals surface area (Å²) >= 11 is 0. The summed E-state index contributed by atoms with van der Waals surface area (Å²) < 4.78 is 0. The molecule has 1 aromatic rings. The highest BCUT2D eigenvalue weighted by molar-refractivity contribution is 6.39. The summed E-state index contributed by atoms with van der Waals surface area (Å²) in [7, 11) is 3.31. The van der Waals surface area contributed by atoms with Gasteiger partial charge in [-0.15, -0.1) is 0 Å². The van der Waals surface area contributed by atoms with E-state index in [2.05, 4.69) is 15.7 Å². The minimum atomic E-state index is -0.671. The molecule has 1 heterocycles. The summed E-state index contributed by atoms with van der Waals surface area (Å²) in [5.74, 6) is -0.742. The largest absolute Gasteiger partial charge is 0.349 e. The fraction of sp³-hybridized carbons (Fsp3) is 0.375. The Kier molecular flexibility index (Phi) is 5.51. The van der Waals surface area contributed by atoms with E-state index in [0.29, 0.717) is 5.69 Å². The second-order valence-electron chi connectivity index (χ2n) is 5.57. The van der Waals surface area contributed by atoms with Gasteiger partial charge >= 0.3 is 0 Å². The van der Waals surface area contributed by atoms with Crippen molar-refractivity contribution in [3.63, 3.8) is 0 Å². The lowest BCUT2D eigenvalue weighted by Crippen LogP contribution is -2.58. The molecule has 1 aromatic carbocycles. The minimum absolute atomic E-state index is 0.0447. The number of carbonyl (C=O) groups is 3.